The Balaban J connectivity index is 0.549. The maximum atomic E-state index is 6.21. The summed E-state index contributed by atoms with van der Waals surface area (Å²) in [6.07, 6.45) is 0. The lowest BCUT2D eigenvalue weighted by Crippen LogP contribution is -2.15. The molecule has 0 spiro atoms. The number of rotatable bonds is 14. The summed E-state index contributed by atoms with van der Waals surface area (Å²) in [5.74, 6) is 0. The van der Waals surface area contributed by atoms with Crippen molar-refractivity contribution in [3.63, 3.8) is 0 Å². The van der Waals surface area contributed by atoms with E-state index >= 15 is 0 Å². The van der Waals surface area contributed by atoms with Crippen molar-refractivity contribution in [1.82, 2.24) is 0 Å². The third-order valence-electron chi connectivity index (χ3n) is 24.0. The van der Waals surface area contributed by atoms with Gasteiger partial charge in [0, 0.05) is 75.9 Å². The highest BCUT2D eigenvalue weighted by Gasteiger charge is 2.37. The summed E-state index contributed by atoms with van der Waals surface area (Å²) in [6, 6.07) is 144. The first kappa shape index (κ1) is 66.6. The zero-order valence-electron chi connectivity index (χ0n) is 62.7. The highest BCUT2D eigenvalue weighted by molar-refractivity contribution is 7.25. The van der Waals surface area contributed by atoms with E-state index in [2.05, 4.69) is 414 Å². The van der Waals surface area contributed by atoms with Crippen LogP contribution in [-0.2, 0) is 10.8 Å². The van der Waals surface area contributed by atoms with Crippen LogP contribution in [-0.4, -0.2) is 0 Å². The number of benzene rings is 17. The number of nitrogens with zero attached hydrogens (tertiary/aromatic N) is 2. The largest absolute Gasteiger partial charge is 0.456 e. The van der Waals surface area contributed by atoms with E-state index in [0.29, 0.717) is 0 Å². The summed E-state index contributed by atoms with van der Waals surface area (Å²) in [6.45, 7) is 9.48. The van der Waals surface area contributed by atoms with Gasteiger partial charge in [0.2, 0.25) is 0 Å². The fourth-order valence-corrected chi connectivity index (χ4v) is 18.9. The Morgan fingerprint density at radius 1 is 0.196 bits per heavy atom. The van der Waals surface area contributed by atoms with Crippen LogP contribution in [0, 0.1) is 0 Å². The van der Waals surface area contributed by atoms with Crippen LogP contribution in [0.4, 0.5) is 34.1 Å². The molecule has 17 aromatic carbocycles. The van der Waals surface area contributed by atoms with E-state index in [0.717, 1.165) is 72.8 Å². The summed E-state index contributed by atoms with van der Waals surface area (Å²) in [4.78, 5) is 4.76. The monoisotopic (exact) mass is 1450 g/mol. The van der Waals surface area contributed by atoms with Gasteiger partial charge in [-0.05, 0) is 261 Å². The van der Waals surface area contributed by atoms with Gasteiger partial charge in [-0.1, -0.05) is 289 Å². The number of hydrogen-bond donors (Lipinski definition) is 0. The van der Waals surface area contributed by atoms with E-state index in [-0.39, 0.29) is 10.8 Å². The Kier molecular flexibility index (Phi) is 15.8. The summed E-state index contributed by atoms with van der Waals surface area (Å²) in [5, 5.41) is 4.87. The topological polar surface area (TPSA) is 19.6 Å². The lowest BCUT2D eigenvalue weighted by molar-refractivity contribution is 0.660. The average molecular weight is 1450 g/mol. The van der Waals surface area contributed by atoms with Crippen molar-refractivity contribution in [2.24, 2.45) is 0 Å². The van der Waals surface area contributed by atoms with Crippen molar-refractivity contribution < 1.29 is 4.42 Å². The zero-order chi connectivity index (χ0) is 74.8. The number of para-hydroxylation sites is 1. The minimum atomic E-state index is -0.195. The maximum absolute atomic E-state index is 6.21. The fraction of sp³-hybridized carbons (Fsp3) is 0.0556. The predicted molar refractivity (Wildman–Crippen MR) is 475 cm³/mol. The Labute approximate surface area is 657 Å². The van der Waals surface area contributed by atoms with Crippen LogP contribution in [0.25, 0.3) is 153 Å². The van der Waals surface area contributed by atoms with Gasteiger partial charge >= 0.3 is 0 Å². The molecule has 0 amide bonds. The van der Waals surface area contributed by atoms with Crippen LogP contribution in [0.1, 0.15) is 49.9 Å². The Morgan fingerprint density at radius 3 is 0.991 bits per heavy atom. The van der Waals surface area contributed by atoms with Crippen molar-refractivity contribution in [2.75, 3.05) is 9.80 Å². The van der Waals surface area contributed by atoms with Gasteiger partial charge in [-0.25, -0.2) is 0 Å². The quantitative estimate of drug-likeness (QED) is 0.108. The molecule has 530 valence electrons. The van der Waals surface area contributed by atoms with Crippen molar-refractivity contribution in [3.8, 4) is 111 Å². The van der Waals surface area contributed by atoms with Crippen molar-refractivity contribution in [1.29, 1.82) is 0 Å². The van der Waals surface area contributed by atoms with Crippen molar-refractivity contribution in [2.45, 2.75) is 38.5 Å². The molecule has 0 atom stereocenters. The second-order valence-corrected chi connectivity index (χ2v) is 32.3. The van der Waals surface area contributed by atoms with E-state index in [1.54, 1.807) is 0 Å². The first-order valence-electron chi connectivity index (χ1n) is 38.8. The molecule has 4 heteroatoms. The number of hydrogen-bond acceptors (Lipinski definition) is 4. The number of thiophene rings is 1. The molecule has 0 N–H and O–H groups in total. The molecule has 3 nitrogen and oxygen atoms in total. The molecule has 0 bridgehead atoms. The molecule has 2 aromatic heterocycles. The third kappa shape index (κ3) is 11.5. The van der Waals surface area contributed by atoms with Crippen LogP contribution in [0.5, 0.6) is 0 Å². The van der Waals surface area contributed by atoms with Crippen LogP contribution >= 0.6 is 11.3 Å². The van der Waals surface area contributed by atoms with Gasteiger partial charge in [-0.2, -0.15) is 0 Å². The van der Waals surface area contributed by atoms with Crippen LogP contribution < -0.4 is 9.80 Å². The smallest absolute Gasteiger partial charge is 0.135 e. The number of fused-ring (bicyclic) bond motifs is 12. The average Bonchev–Trinajstić information content (AvgIpc) is 1.58. The van der Waals surface area contributed by atoms with E-state index in [1.165, 1.54) is 137 Å². The second kappa shape index (κ2) is 26.6. The first-order valence-corrected chi connectivity index (χ1v) is 39.6. The van der Waals surface area contributed by atoms with E-state index in [9.17, 15) is 0 Å². The molecule has 2 aliphatic rings. The molecule has 0 fully saturated rings. The van der Waals surface area contributed by atoms with Gasteiger partial charge in [0.25, 0.3) is 0 Å². The first-order chi connectivity index (χ1) is 54.9. The molecule has 2 heterocycles. The normalized spacial score (nSPS) is 13.0. The molecule has 2 aliphatic carbocycles. The molecule has 0 radical (unpaired) electrons. The summed E-state index contributed by atoms with van der Waals surface area (Å²) in [7, 11) is 0. The standard InChI is InChI=1S/C108H76N2OS/c1-107(2)99-19-11-8-16-91(99)92-59-42-83(67-101(92)107)78-38-55-89(56-39-78)110(86-47-30-73(31-48-86)71-24-22-70(23-25-71)69-14-6-5-7-15-69)90-57-40-79(41-58-90)84-43-60-93-96-64-80(44-61-100(96)108(3,4)102(93)68-84)75-28-26-72(27-29-75)74-32-49-85(50-33-74)109(87-51-34-76(35-52-87)81-45-62-104-97(65-81)94-17-9-12-20-103(94)111-104)88-53-36-77(37-54-88)82-46-63-106-98(66-82)95-18-10-13-21-105(95)112-106/h5-68H,1-4H3. The van der Waals surface area contributed by atoms with E-state index < -0.39 is 0 Å². The second-order valence-electron chi connectivity index (χ2n) is 31.2. The van der Waals surface area contributed by atoms with Gasteiger partial charge < -0.3 is 14.2 Å². The van der Waals surface area contributed by atoms with Crippen LogP contribution in [0.3, 0.4) is 0 Å². The van der Waals surface area contributed by atoms with Gasteiger partial charge in [0.15, 0.2) is 0 Å². The predicted octanol–water partition coefficient (Wildman–Crippen LogP) is 30.8. The van der Waals surface area contributed by atoms with Crippen LogP contribution in [0.15, 0.2) is 393 Å². The Morgan fingerprint density at radius 2 is 0.500 bits per heavy atom. The zero-order valence-corrected chi connectivity index (χ0v) is 63.5. The van der Waals surface area contributed by atoms with Gasteiger partial charge in [-0.15, -0.1) is 11.3 Å². The molecule has 0 aliphatic heterocycles. The molecule has 0 saturated carbocycles. The molecule has 0 unspecified atom stereocenters. The van der Waals surface area contributed by atoms with Gasteiger partial charge in [0.05, 0.1) is 0 Å². The summed E-state index contributed by atoms with van der Waals surface area (Å²) in [5.41, 5.74) is 37.8. The van der Waals surface area contributed by atoms with Crippen LogP contribution in [0.2, 0.25) is 0 Å². The summed E-state index contributed by atoms with van der Waals surface area (Å²) < 4.78 is 8.83. The molecule has 0 saturated heterocycles. The Hall–Kier alpha value is -13.6. The van der Waals surface area contributed by atoms with E-state index in [1.807, 2.05) is 23.5 Å². The third-order valence-corrected chi connectivity index (χ3v) is 25.1. The lowest BCUT2D eigenvalue weighted by atomic mass is 9.81. The molecule has 21 rings (SSSR count). The number of furan rings is 1. The molecule has 19 aromatic rings. The number of anilines is 6. The van der Waals surface area contributed by atoms with Crippen molar-refractivity contribution >= 4 is 87.6 Å². The van der Waals surface area contributed by atoms with Crippen molar-refractivity contribution in [3.05, 3.63) is 411 Å². The highest BCUT2D eigenvalue weighted by Crippen LogP contribution is 2.53. The van der Waals surface area contributed by atoms with E-state index in [4.69, 9.17) is 4.42 Å². The lowest BCUT2D eigenvalue weighted by Gasteiger charge is -2.26. The highest BCUT2D eigenvalue weighted by atomic mass is 32.1. The van der Waals surface area contributed by atoms with Gasteiger partial charge in [-0.3, -0.25) is 0 Å². The maximum Gasteiger partial charge on any atom is 0.135 e. The molecular formula is C108H76N2OS. The van der Waals surface area contributed by atoms with Gasteiger partial charge in [0.1, 0.15) is 11.2 Å². The SMILES string of the molecule is CC1(C)c2ccccc2-c2ccc(-c3ccc(N(c4ccc(-c5ccc(-c6ccccc6)cc5)cc4)c4ccc(-c5ccc6c(c5)C(C)(C)c5ccc(-c7ccc(-c8ccc(N(c9ccc(-c%10ccc%11oc%12ccccc%12c%11c%10)cc9)c9ccc(-c%10ccc%11sc%12ccccc%12c%11c%10)cc9)cc8)cc7)cc5-6)cc4)cc3)cc21. The minimum absolute atomic E-state index is 0.0733. The Bertz CT molecular complexity index is 6690. The summed E-state index contributed by atoms with van der Waals surface area (Å²) >= 11 is 1.86. The molecule has 112 heavy (non-hydrogen) atoms. The molecular weight excluding hydrogens is 1370 g/mol. The minimum Gasteiger partial charge on any atom is -0.456 e. The fourth-order valence-electron chi connectivity index (χ4n) is 17.9.